The number of likely N-dealkylation sites (N-methyl/N-ethyl adjacent to an activating group) is 1. The third-order valence-corrected chi connectivity index (χ3v) is 5.63. The minimum atomic E-state index is 0.466. The molecular weight excluding hydrogens is 332 g/mol. The van der Waals surface area contributed by atoms with Gasteiger partial charge in [0.2, 0.25) is 0 Å². The molecule has 27 heavy (non-hydrogen) atoms. The van der Waals surface area contributed by atoms with Crippen molar-refractivity contribution in [3.05, 3.63) is 83.4 Å². The van der Waals surface area contributed by atoms with Gasteiger partial charge in [-0.25, -0.2) is 4.98 Å². The molecule has 0 spiro atoms. The van der Waals surface area contributed by atoms with Gasteiger partial charge in [0.25, 0.3) is 0 Å². The Hall–Kier alpha value is -2.59. The van der Waals surface area contributed by atoms with Gasteiger partial charge in [0.15, 0.2) is 0 Å². The third-order valence-electron chi connectivity index (χ3n) is 5.63. The van der Waals surface area contributed by atoms with Crippen LogP contribution in [0, 0.1) is 6.92 Å². The van der Waals surface area contributed by atoms with E-state index in [1.807, 2.05) is 12.5 Å². The smallest absolute Gasteiger partial charge is 0.0946 e. The largest absolute Gasteiger partial charge is 0.364 e. The van der Waals surface area contributed by atoms with Crippen molar-refractivity contribution >= 4 is 5.69 Å². The van der Waals surface area contributed by atoms with Gasteiger partial charge >= 0.3 is 0 Å². The van der Waals surface area contributed by atoms with Crippen molar-refractivity contribution < 1.29 is 0 Å². The van der Waals surface area contributed by atoms with E-state index in [-0.39, 0.29) is 0 Å². The standard InChI is InChI=1S/C23H28N4/c1-18-9-10-23-20(11-18)14-25(2)21(12-19-7-5-4-6-8-19)15-27(23)16-22-13-24-17-26(22)3/h4-11,13,17,21H,12,14-16H2,1-3H3/t21-/m1/s1. The highest BCUT2D eigenvalue weighted by molar-refractivity contribution is 5.56. The molecule has 1 aromatic heterocycles. The molecule has 0 bridgehead atoms. The van der Waals surface area contributed by atoms with Gasteiger partial charge in [-0.3, -0.25) is 4.90 Å². The molecule has 2 aromatic carbocycles. The van der Waals surface area contributed by atoms with Gasteiger partial charge in [-0.05, 0) is 37.6 Å². The summed E-state index contributed by atoms with van der Waals surface area (Å²) in [5.74, 6) is 0. The van der Waals surface area contributed by atoms with Crippen LogP contribution in [0.1, 0.15) is 22.4 Å². The summed E-state index contributed by atoms with van der Waals surface area (Å²) in [5.41, 5.74) is 6.73. The molecule has 1 aliphatic heterocycles. The molecular formula is C23H28N4. The Morgan fingerprint density at radius 2 is 1.89 bits per heavy atom. The van der Waals surface area contributed by atoms with Gasteiger partial charge < -0.3 is 9.47 Å². The molecule has 3 aromatic rings. The molecule has 1 aliphatic rings. The number of aromatic nitrogens is 2. The molecule has 0 unspecified atom stereocenters. The quantitative estimate of drug-likeness (QED) is 0.707. The van der Waals surface area contributed by atoms with E-state index in [0.717, 1.165) is 26.1 Å². The maximum Gasteiger partial charge on any atom is 0.0946 e. The lowest BCUT2D eigenvalue weighted by atomic mass is 10.0. The molecule has 4 rings (SSSR count). The average molecular weight is 361 g/mol. The Labute approximate surface area is 162 Å². The van der Waals surface area contributed by atoms with Crippen LogP contribution in [-0.4, -0.2) is 34.1 Å². The van der Waals surface area contributed by atoms with E-state index in [9.17, 15) is 0 Å². The second kappa shape index (κ2) is 7.57. The van der Waals surface area contributed by atoms with E-state index in [1.54, 1.807) is 0 Å². The fourth-order valence-electron chi connectivity index (χ4n) is 4.03. The summed E-state index contributed by atoms with van der Waals surface area (Å²) in [5, 5.41) is 0. The molecule has 2 heterocycles. The van der Waals surface area contributed by atoms with E-state index in [1.165, 1.54) is 28.1 Å². The molecule has 4 nitrogen and oxygen atoms in total. The monoisotopic (exact) mass is 360 g/mol. The van der Waals surface area contributed by atoms with Crippen LogP contribution >= 0.6 is 0 Å². The van der Waals surface area contributed by atoms with Crippen molar-refractivity contribution in [1.29, 1.82) is 0 Å². The number of hydrogen-bond acceptors (Lipinski definition) is 3. The highest BCUT2D eigenvalue weighted by atomic mass is 15.2. The van der Waals surface area contributed by atoms with Crippen molar-refractivity contribution in [2.24, 2.45) is 7.05 Å². The topological polar surface area (TPSA) is 24.3 Å². The lowest BCUT2D eigenvalue weighted by molar-refractivity contribution is 0.240. The maximum absolute atomic E-state index is 4.31. The zero-order valence-corrected chi connectivity index (χ0v) is 16.5. The number of benzene rings is 2. The lowest BCUT2D eigenvalue weighted by Gasteiger charge is -2.30. The van der Waals surface area contributed by atoms with Crippen LogP contribution in [0.3, 0.4) is 0 Å². The normalized spacial score (nSPS) is 17.6. The number of aryl methyl sites for hydroxylation is 2. The Morgan fingerprint density at radius 3 is 2.63 bits per heavy atom. The molecule has 0 aliphatic carbocycles. The minimum Gasteiger partial charge on any atom is -0.364 e. The second-order valence-corrected chi connectivity index (χ2v) is 7.77. The molecule has 140 valence electrons. The van der Waals surface area contributed by atoms with Crippen molar-refractivity contribution in [3.63, 3.8) is 0 Å². The van der Waals surface area contributed by atoms with Crippen LogP contribution in [0.4, 0.5) is 5.69 Å². The number of anilines is 1. The fourth-order valence-corrected chi connectivity index (χ4v) is 4.03. The summed E-state index contributed by atoms with van der Waals surface area (Å²) >= 11 is 0. The van der Waals surface area contributed by atoms with Gasteiger partial charge in [-0.1, -0.05) is 48.0 Å². The van der Waals surface area contributed by atoms with Gasteiger partial charge in [0.05, 0.1) is 18.6 Å². The SMILES string of the molecule is Cc1ccc2c(c1)CN(C)[C@H](Cc1ccccc1)CN2Cc1cncn1C. The van der Waals surface area contributed by atoms with Gasteiger partial charge in [-0.15, -0.1) is 0 Å². The first-order valence-electron chi connectivity index (χ1n) is 9.64. The molecule has 0 saturated heterocycles. The van der Waals surface area contributed by atoms with Crippen molar-refractivity contribution in [3.8, 4) is 0 Å². The number of nitrogens with zero attached hydrogens (tertiary/aromatic N) is 4. The Kier molecular flexibility index (Phi) is 4.99. The zero-order valence-electron chi connectivity index (χ0n) is 16.5. The van der Waals surface area contributed by atoms with E-state index in [0.29, 0.717) is 6.04 Å². The van der Waals surface area contributed by atoms with Gasteiger partial charge in [0.1, 0.15) is 0 Å². The van der Waals surface area contributed by atoms with Crippen LogP contribution in [0.5, 0.6) is 0 Å². The highest BCUT2D eigenvalue weighted by Crippen LogP contribution is 2.30. The first kappa shape index (κ1) is 17.8. The summed E-state index contributed by atoms with van der Waals surface area (Å²) < 4.78 is 2.12. The van der Waals surface area contributed by atoms with Gasteiger partial charge in [0, 0.05) is 38.1 Å². The van der Waals surface area contributed by atoms with Crippen molar-refractivity contribution in [1.82, 2.24) is 14.5 Å². The predicted octanol–water partition coefficient (Wildman–Crippen LogP) is 3.79. The van der Waals surface area contributed by atoms with Crippen LogP contribution in [-0.2, 0) is 26.6 Å². The fraction of sp³-hybridized carbons (Fsp3) is 0.348. The number of rotatable bonds is 4. The van der Waals surface area contributed by atoms with Crippen molar-refractivity contribution in [2.45, 2.75) is 32.5 Å². The van der Waals surface area contributed by atoms with E-state index >= 15 is 0 Å². The van der Waals surface area contributed by atoms with Crippen LogP contribution in [0.25, 0.3) is 0 Å². The first-order valence-corrected chi connectivity index (χ1v) is 9.64. The van der Waals surface area contributed by atoms with Crippen LogP contribution < -0.4 is 4.90 Å². The highest BCUT2D eigenvalue weighted by Gasteiger charge is 2.26. The molecule has 0 radical (unpaired) electrons. The first-order chi connectivity index (χ1) is 13.1. The lowest BCUT2D eigenvalue weighted by Crippen LogP contribution is -2.40. The minimum absolute atomic E-state index is 0.466. The number of hydrogen-bond donors (Lipinski definition) is 0. The molecule has 0 amide bonds. The zero-order chi connectivity index (χ0) is 18.8. The summed E-state index contributed by atoms with van der Waals surface area (Å²) in [7, 11) is 4.33. The summed E-state index contributed by atoms with van der Waals surface area (Å²) in [6.07, 6.45) is 4.93. The Bertz CT molecular complexity index is 900. The Morgan fingerprint density at radius 1 is 1.07 bits per heavy atom. The summed E-state index contributed by atoms with van der Waals surface area (Å²) in [4.78, 5) is 9.35. The average Bonchev–Trinajstić information content (AvgIpc) is 3.00. The van der Waals surface area contributed by atoms with Crippen LogP contribution in [0.2, 0.25) is 0 Å². The van der Waals surface area contributed by atoms with E-state index in [4.69, 9.17) is 0 Å². The molecule has 0 N–H and O–H groups in total. The number of imidazole rings is 1. The predicted molar refractivity (Wildman–Crippen MR) is 111 cm³/mol. The second-order valence-electron chi connectivity index (χ2n) is 7.77. The maximum atomic E-state index is 4.31. The number of fused-ring (bicyclic) bond motifs is 1. The summed E-state index contributed by atoms with van der Waals surface area (Å²) in [6, 6.07) is 18.2. The van der Waals surface area contributed by atoms with Gasteiger partial charge in [-0.2, -0.15) is 0 Å². The van der Waals surface area contributed by atoms with Crippen molar-refractivity contribution in [2.75, 3.05) is 18.5 Å². The molecule has 0 fully saturated rings. The van der Waals surface area contributed by atoms with E-state index < -0.39 is 0 Å². The molecule has 4 heteroatoms. The van der Waals surface area contributed by atoms with E-state index in [2.05, 4.69) is 88.9 Å². The third kappa shape index (κ3) is 3.91. The summed E-state index contributed by atoms with van der Waals surface area (Å²) in [6.45, 7) is 5.05. The molecule has 1 atom stereocenters. The Balaban J connectivity index is 1.66. The molecule has 0 saturated carbocycles. The van der Waals surface area contributed by atoms with Crippen LogP contribution in [0.15, 0.2) is 61.1 Å².